The second-order valence-corrected chi connectivity index (χ2v) is 5.70. The maximum absolute atomic E-state index is 9.47. The molecule has 0 aromatic heterocycles. The minimum atomic E-state index is 0.245. The van der Waals surface area contributed by atoms with E-state index in [0.717, 1.165) is 25.1 Å². The minimum absolute atomic E-state index is 0.245. The van der Waals surface area contributed by atoms with Gasteiger partial charge in [0.1, 0.15) is 5.75 Å². The van der Waals surface area contributed by atoms with Crippen LogP contribution in [-0.2, 0) is 0 Å². The Kier molecular flexibility index (Phi) is 6.04. The van der Waals surface area contributed by atoms with Crippen molar-refractivity contribution in [2.45, 2.75) is 44.7 Å². The Morgan fingerprint density at radius 2 is 2.29 bits per heavy atom. The first-order valence-corrected chi connectivity index (χ1v) is 7.74. The number of benzene rings is 1. The van der Waals surface area contributed by atoms with Crippen molar-refractivity contribution in [3.63, 3.8) is 0 Å². The number of hydrogen-bond donors (Lipinski definition) is 1. The van der Waals surface area contributed by atoms with Gasteiger partial charge in [-0.05, 0) is 44.4 Å². The SMILES string of the molecule is CC1CCCC(CO)N1CCCOc1cccc(C#N)c1. The molecule has 4 nitrogen and oxygen atoms in total. The molecule has 2 unspecified atom stereocenters. The molecule has 1 fully saturated rings. The first-order valence-electron chi connectivity index (χ1n) is 7.74. The van der Waals surface area contributed by atoms with Crippen LogP contribution in [0.25, 0.3) is 0 Å². The lowest BCUT2D eigenvalue weighted by Gasteiger charge is -2.39. The van der Waals surface area contributed by atoms with Crippen LogP contribution in [0.1, 0.15) is 38.2 Å². The molecule has 1 saturated heterocycles. The Hall–Kier alpha value is -1.57. The summed E-state index contributed by atoms with van der Waals surface area (Å²) in [6.45, 7) is 4.06. The van der Waals surface area contributed by atoms with Crippen LogP contribution in [0.4, 0.5) is 0 Å². The van der Waals surface area contributed by atoms with Gasteiger partial charge in [0.25, 0.3) is 0 Å². The largest absolute Gasteiger partial charge is 0.494 e. The van der Waals surface area contributed by atoms with E-state index in [0.29, 0.717) is 24.3 Å². The number of nitriles is 1. The van der Waals surface area contributed by atoms with Gasteiger partial charge in [0.2, 0.25) is 0 Å². The van der Waals surface area contributed by atoms with Crippen molar-refractivity contribution in [3.05, 3.63) is 29.8 Å². The maximum Gasteiger partial charge on any atom is 0.120 e. The third kappa shape index (κ3) is 4.45. The molecule has 2 atom stereocenters. The molecule has 1 aromatic rings. The standard InChI is InChI=1S/C17H24N2O2/c1-14-5-2-7-16(13-20)19(14)9-4-10-21-17-8-3-6-15(11-17)12-18/h3,6,8,11,14,16,20H,2,4-5,7,9-10,13H2,1H3. The summed E-state index contributed by atoms with van der Waals surface area (Å²) in [5, 5.41) is 18.3. The molecule has 4 heteroatoms. The van der Waals surface area contributed by atoms with Gasteiger partial charge in [-0.25, -0.2) is 0 Å². The molecule has 1 aliphatic rings. The van der Waals surface area contributed by atoms with E-state index in [-0.39, 0.29) is 6.61 Å². The lowest BCUT2D eigenvalue weighted by atomic mass is 9.97. The first kappa shape index (κ1) is 15.8. The molecular weight excluding hydrogens is 264 g/mol. The highest BCUT2D eigenvalue weighted by atomic mass is 16.5. The zero-order valence-corrected chi connectivity index (χ0v) is 12.7. The van der Waals surface area contributed by atoms with Crippen molar-refractivity contribution in [1.82, 2.24) is 4.90 Å². The zero-order valence-electron chi connectivity index (χ0n) is 12.7. The fourth-order valence-electron chi connectivity index (χ4n) is 3.03. The van der Waals surface area contributed by atoms with Crippen LogP contribution in [0.3, 0.4) is 0 Å². The Bertz CT molecular complexity index is 484. The number of hydrogen-bond acceptors (Lipinski definition) is 4. The maximum atomic E-state index is 9.47. The van der Waals surface area contributed by atoms with Crippen molar-refractivity contribution in [1.29, 1.82) is 5.26 Å². The van der Waals surface area contributed by atoms with Gasteiger partial charge >= 0.3 is 0 Å². The third-order valence-electron chi connectivity index (χ3n) is 4.20. The summed E-state index contributed by atoms with van der Waals surface area (Å²) in [4.78, 5) is 2.40. The van der Waals surface area contributed by atoms with E-state index in [2.05, 4.69) is 17.9 Å². The number of rotatable bonds is 6. The van der Waals surface area contributed by atoms with E-state index < -0.39 is 0 Å². The van der Waals surface area contributed by atoms with Crippen LogP contribution < -0.4 is 4.74 Å². The summed E-state index contributed by atoms with van der Waals surface area (Å²) >= 11 is 0. The molecule has 0 radical (unpaired) electrons. The molecule has 1 N–H and O–H groups in total. The summed E-state index contributed by atoms with van der Waals surface area (Å²) in [7, 11) is 0. The molecule has 114 valence electrons. The Morgan fingerprint density at radius 3 is 3.05 bits per heavy atom. The average Bonchev–Trinajstić information content (AvgIpc) is 2.52. The topological polar surface area (TPSA) is 56.5 Å². The molecule has 1 heterocycles. The van der Waals surface area contributed by atoms with E-state index in [1.807, 2.05) is 12.1 Å². The van der Waals surface area contributed by atoms with Gasteiger partial charge in [-0.3, -0.25) is 4.90 Å². The van der Waals surface area contributed by atoms with Gasteiger partial charge < -0.3 is 9.84 Å². The fourth-order valence-corrected chi connectivity index (χ4v) is 3.03. The Balaban J connectivity index is 1.77. The number of piperidine rings is 1. The highest BCUT2D eigenvalue weighted by Crippen LogP contribution is 2.22. The van der Waals surface area contributed by atoms with E-state index in [4.69, 9.17) is 10.00 Å². The first-order chi connectivity index (χ1) is 10.2. The number of likely N-dealkylation sites (tertiary alicyclic amines) is 1. The predicted molar refractivity (Wildman–Crippen MR) is 82.2 cm³/mol. The minimum Gasteiger partial charge on any atom is -0.494 e. The van der Waals surface area contributed by atoms with Crippen LogP contribution in [0.5, 0.6) is 5.75 Å². The molecule has 21 heavy (non-hydrogen) atoms. The normalized spacial score (nSPS) is 22.7. The lowest BCUT2D eigenvalue weighted by molar-refractivity contribution is 0.0477. The molecular formula is C17H24N2O2. The fraction of sp³-hybridized carbons (Fsp3) is 0.588. The smallest absolute Gasteiger partial charge is 0.120 e. The van der Waals surface area contributed by atoms with Crippen molar-refractivity contribution >= 4 is 0 Å². The quantitative estimate of drug-likeness (QED) is 0.817. The monoisotopic (exact) mass is 288 g/mol. The summed E-state index contributed by atoms with van der Waals surface area (Å²) in [6.07, 6.45) is 4.44. The van der Waals surface area contributed by atoms with Gasteiger partial charge in [-0.2, -0.15) is 5.26 Å². The molecule has 0 spiro atoms. The van der Waals surface area contributed by atoms with Crippen molar-refractivity contribution < 1.29 is 9.84 Å². The van der Waals surface area contributed by atoms with E-state index in [1.54, 1.807) is 12.1 Å². The highest BCUT2D eigenvalue weighted by molar-refractivity contribution is 5.36. The van der Waals surface area contributed by atoms with E-state index in [9.17, 15) is 5.11 Å². The Morgan fingerprint density at radius 1 is 1.43 bits per heavy atom. The molecule has 2 rings (SSSR count). The number of nitrogens with zero attached hydrogens (tertiary/aromatic N) is 2. The van der Waals surface area contributed by atoms with Crippen LogP contribution >= 0.6 is 0 Å². The van der Waals surface area contributed by atoms with Gasteiger partial charge in [0, 0.05) is 18.6 Å². The van der Waals surface area contributed by atoms with Gasteiger partial charge in [0.15, 0.2) is 0 Å². The average molecular weight is 288 g/mol. The molecule has 0 bridgehead atoms. The number of ether oxygens (including phenoxy) is 1. The molecule has 0 amide bonds. The van der Waals surface area contributed by atoms with Crippen LogP contribution in [0.15, 0.2) is 24.3 Å². The summed E-state index contributed by atoms with van der Waals surface area (Å²) in [5.41, 5.74) is 0.623. The summed E-state index contributed by atoms with van der Waals surface area (Å²) in [5.74, 6) is 0.749. The van der Waals surface area contributed by atoms with Gasteiger partial charge in [-0.1, -0.05) is 12.5 Å². The molecule has 0 saturated carbocycles. The molecule has 1 aromatic carbocycles. The number of aliphatic hydroxyl groups is 1. The van der Waals surface area contributed by atoms with Crippen molar-refractivity contribution in [2.24, 2.45) is 0 Å². The third-order valence-corrected chi connectivity index (χ3v) is 4.20. The molecule has 1 aliphatic heterocycles. The van der Waals surface area contributed by atoms with Crippen molar-refractivity contribution in [3.8, 4) is 11.8 Å². The Labute approximate surface area is 127 Å². The van der Waals surface area contributed by atoms with Gasteiger partial charge in [-0.15, -0.1) is 0 Å². The van der Waals surface area contributed by atoms with E-state index >= 15 is 0 Å². The summed E-state index contributed by atoms with van der Waals surface area (Å²) in [6, 6.07) is 10.2. The van der Waals surface area contributed by atoms with Crippen LogP contribution in [-0.4, -0.2) is 41.8 Å². The zero-order chi connectivity index (χ0) is 15.1. The predicted octanol–water partition coefficient (Wildman–Crippen LogP) is 2.56. The molecule has 0 aliphatic carbocycles. The number of aliphatic hydroxyl groups excluding tert-OH is 1. The van der Waals surface area contributed by atoms with Crippen LogP contribution in [0, 0.1) is 11.3 Å². The van der Waals surface area contributed by atoms with E-state index in [1.165, 1.54) is 12.8 Å². The van der Waals surface area contributed by atoms with Crippen molar-refractivity contribution in [2.75, 3.05) is 19.8 Å². The van der Waals surface area contributed by atoms with Gasteiger partial charge in [0.05, 0.1) is 24.8 Å². The highest BCUT2D eigenvalue weighted by Gasteiger charge is 2.26. The second kappa shape index (κ2) is 8.02. The second-order valence-electron chi connectivity index (χ2n) is 5.70. The summed E-state index contributed by atoms with van der Waals surface area (Å²) < 4.78 is 5.70. The lowest BCUT2D eigenvalue weighted by Crippen LogP contribution is -2.47. The van der Waals surface area contributed by atoms with Crippen LogP contribution in [0.2, 0.25) is 0 Å².